The zero-order chi connectivity index (χ0) is 35.3. The Bertz CT molecular complexity index is 2200. The molecule has 0 N–H and O–H groups in total. The molecular weight excluding hydrogens is 696 g/mol. The van der Waals surface area contributed by atoms with E-state index in [1.807, 2.05) is 35.0 Å². The van der Waals surface area contributed by atoms with Crippen molar-refractivity contribution in [2.24, 2.45) is 0 Å². The standard InChI is InChI=1S/C36H29Cl2F3N4O3S/c1-35(2)34(46)43(3)49(47,48)45(35)29-15-9-24(10-16-29)21-44-22-32(30-17-14-28(37)20-31(30)38)42-33(44)18-11-23-7-12-25(13-8-23)26-5-4-6-27(19-26)36(39,40)41/h4-20,22H,21H2,1-3H3/b18-11+. The number of imidazole rings is 1. The van der Waals surface area contributed by atoms with Crippen LogP contribution in [-0.2, 0) is 27.7 Å². The largest absolute Gasteiger partial charge is 0.416 e. The minimum absolute atomic E-state index is 0.361. The number of anilines is 1. The summed E-state index contributed by atoms with van der Waals surface area (Å²) in [5.41, 5.74) is 2.39. The molecule has 1 amide bonds. The van der Waals surface area contributed by atoms with E-state index < -0.39 is 33.4 Å². The van der Waals surface area contributed by atoms with Crippen LogP contribution in [0.25, 0.3) is 34.5 Å². The number of benzene rings is 4. The van der Waals surface area contributed by atoms with Crippen molar-refractivity contribution < 1.29 is 26.4 Å². The predicted octanol–water partition coefficient (Wildman–Crippen LogP) is 9.06. The molecule has 0 atom stereocenters. The number of carbonyl (C=O) groups is 1. The molecule has 49 heavy (non-hydrogen) atoms. The molecule has 7 nitrogen and oxygen atoms in total. The highest BCUT2D eigenvalue weighted by Gasteiger charge is 2.54. The Kier molecular flexibility index (Phi) is 8.89. The van der Waals surface area contributed by atoms with Crippen LogP contribution in [0.15, 0.2) is 97.2 Å². The molecule has 1 aromatic heterocycles. The van der Waals surface area contributed by atoms with Gasteiger partial charge in [0.2, 0.25) is 0 Å². The molecule has 4 aromatic carbocycles. The van der Waals surface area contributed by atoms with Gasteiger partial charge in [-0.2, -0.15) is 21.6 Å². The van der Waals surface area contributed by atoms with Crippen LogP contribution in [0.1, 0.15) is 36.4 Å². The highest BCUT2D eigenvalue weighted by Crippen LogP contribution is 2.37. The number of hydrogen-bond donors (Lipinski definition) is 0. The lowest BCUT2D eigenvalue weighted by molar-refractivity contribution is -0.137. The van der Waals surface area contributed by atoms with Crippen LogP contribution in [0.5, 0.6) is 0 Å². The number of halogens is 5. The Hall–Kier alpha value is -4.58. The number of rotatable bonds is 7. The predicted molar refractivity (Wildman–Crippen MR) is 187 cm³/mol. The second-order valence-electron chi connectivity index (χ2n) is 12.0. The van der Waals surface area contributed by atoms with E-state index >= 15 is 0 Å². The van der Waals surface area contributed by atoms with Crippen molar-refractivity contribution in [3.8, 4) is 22.4 Å². The first kappa shape index (κ1) is 34.3. The number of carbonyl (C=O) groups excluding carboxylic acids is 1. The quantitative estimate of drug-likeness (QED) is 0.168. The van der Waals surface area contributed by atoms with E-state index in [-0.39, 0.29) is 0 Å². The first-order chi connectivity index (χ1) is 23.1. The van der Waals surface area contributed by atoms with Crippen LogP contribution in [-0.4, -0.2) is 40.8 Å². The third kappa shape index (κ3) is 6.70. The Morgan fingerprint density at radius 1 is 0.878 bits per heavy atom. The lowest BCUT2D eigenvalue weighted by Crippen LogP contribution is -2.44. The number of likely N-dealkylation sites (N-methyl/N-ethyl adjacent to an activating group) is 1. The van der Waals surface area contributed by atoms with E-state index in [4.69, 9.17) is 28.2 Å². The van der Waals surface area contributed by atoms with Crippen LogP contribution in [0.2, 0.25) is 10.0 Å². The summed E-state index contributed by atoms with van der Waals surface area (Å²) in [7, 11) is -2.78. The van der Waals surface area contributed by atoms with Gasteiger partial charge in [-0.15, -0.1) is 0 Å². The summed E-state index contributed by atoms with van der Waals surface area (Å²) < 4.78 is 69.5. The van der Waals surface area contributed by atoms with Crippen molar-refractivity contribution in [3.05, 3.63) is 130 Å². The van der Waals surface area contributed by atoms with Crippen molar-refractivity contribution in [2.75, 3.05) is 11.4 Å². The van der Waals surface area contributed by atoms with Crippen molar-refractivity contribution in [3.63, 3.8) is 0 Å². The average molecular weight is 726 g/mol. The van der Waals surface area contributed by atoms with Gasteiger partial charge in [-0.25, -0.2) is 13.6 Å². The summed E-state index contributed by atoms with van der Waals surface area (Å²) >= 11 is 12.6. The van der Waals surface area contributed by atoms with Crippen LogP contribution in [0.4, 0.5) is 18.9 Å². The lowest BCUT2D eigenvalue weighted by atomic mass is 10.0. The summed E-state index contributed by atoms with van der Waals surface area (Å²) in [6, 6.07) is 24.4. The number of nitrogens with zero attached hydrogens (tertiary/aromatic N) is 4. The zero-order valence-corrected chi connectivity index (χ0v) is 28.7. The molecule has 1 fully saturated rings. The average Bonchev–Trinajstić information content (AvgIpc) is 3.49. The maximum Gasteiger partial charge on any atom is 0.416 e. The van der Waals surface area contributed by atoms with Gasteiger partial charge in [0.15, 0.2) is 0 Å². The van der Waals surface area contributed by atoms with E-state index in [0.717, 1.165) is 31.9 Å². The normalized spacial score (nSPS) is 15.8. The SMILES string of the molecule is CN1C(=O)C(C)(C)N(c2ccc(Cn3cc(-c4ccc(Cl)cc4Cl)nc3/C=C/c3ccc(-c4cccc(C(F)(F)F)c4)cc3)cc2)S1(=O)=O. The first-order valence-corrected chi connectivity index (χ1v) is 17.1. The smallest absolute Gasteiger partial charge is 0.326 e. The Morgan fingerprint density at radius 3 is 2.18 bits per heavy atom. The molecule has 0 saturated carbocycles. The summed E-state index contributed by atoms with van der Waals surface area (Å²) in [6.07, 6.45) is 1.09. The summed E-state index contributed by atoms with van der Waals surface area (Å²) in [6.45, 7) is 3.50. The molecule has 13 heteroatoms. The number of aromatic nitrogens is 2. The molecule has 0 spiro atoms. The Morgan fingerprint density at radius 2 is 1.57 bits per heavy atom. The summed E-state index contributed by atoms with van der Waals surface area (Å²) in [5.74, 6) is 0.0626. The van der Waals surface area contributed by atoms with Gasteiger partial charge in [-0.05, 0) is 84.6 Å². The molecular formula is C36H29Cl2F3N4O3S. The third-order valence-electron chi connectivity index (χ3n) is 8.29. The summed E-state index contributed by atoms with van der Waals surface area (Å²) in [5, 5.41) is 0.911. The number of hydrogen-bond acceptors (Lipinski definition) is 4. The second kappa shape index (κ2) is 12.7. The molecule has 1 aliphatic heterocycles. The van der Waals surface area contributed by atoms with Crippen molar-refractivity contribution in [2.45, 2.75) is 32.1 Å². The van der Waals surface area contributed by atoms with Crippen LogP contribution >= 0.6 is 23.2 Å². The molecule has 0 radical (unpaired) electrons. The monoisotopic (exact) mass is 724 g/mol. The highest BCUT2D eigenvalue weighted by atomic mass is 35.5. The van der Waals surface area contributed by atoms with Crippen LogP contribution in [0, 0.1) is 0 Å². The number of amides is 1. The van der Waals surface area contributed by atoms with Crippen molar-refractivity contribution in [1.29, 1.82) is 0 Å². The molecule has 1 aliphatic rings. The van der Waals surface area contributed by atoms with Gasteiger partial charge in [0.25, 0.3) is 5.91 Å². The molecule has 6 rings (SSSR count). The fourth-order valence-electron chi connectivity index (χ4n) is 5.73. The third-order valence-corrected chi connectivity index (χ3v) is 10.8. The van der Waals surface area contributed by atoms with Gasteiger partial charge in [0, 0.05) is 30.4 Å². The second-order valence-corrected chi connectivity index (χ2v) is 14.7. The van der Waals surface area contributed by atoms with Crippen LogP contribution < -0.4 is 4.31 Å². The van der Waals surface area contributed by atoms with Gasteiger partial charge in [-0.1, -0.05) is 77.8 Å². The molecule has 0 bridgehead atoms. The highest BCUT2D eigenvalue weighted by molar-refractivity contribution is 7.91. The maximum atomic E-state index is 13.2. The molecule has 0 aliphatic carbocycles. The van der Waals surface area contributed by atoms with Gasteiger partial charge in [0.1, 0.15) is 11.4 Å². The minimum Gasteiger partial charge on any atom is -0.326 e. The fraction of sp³-hybridized carbons (Fsp3) is 0.167. The fourth-order valence-corrected chi connectivity index (χ4v) is 7.95. The van der Waals surface area contributed by atoms with Crippen molar-refractivity contribution in [1.82, 2.24) is 13.9 Å². The topological polar surface area (TPSA) is 75.5 Å². The molecule has 252 valence electrons. The van der Waals surface area contributed by atoms with E-state index in [1.165, 1.54) is 13.1 Å². The number of alkyl halides is 3. The Balaban J connectivity index is 1.30. The molecule has 1 saturated heterocycles. The van der Waals surface area contributed by atoms with Gasteiger partial charge in [0.05, 0.1) is 22.0 Å². The van der Waals surface area contributed by atoms with Crippen molar-refractivity contribution >= 4 is 57.2 Å². The van der Waals surface area contributed by atoms with E-state index in [0.29, 0.717) is 50.5 Å². The molecule has 0 unspecified atom stereocenters. The van der Waals surface area contributed by atoms with Gasteiger partial charge >= 0.3 is 16.4 Å². The van der Waals surface area contributed by atoms with E-state index in [2.05, 4.69) is 0 Å². The van der Waals surface area contributed by atoms with Gasteiger partial charge in [-0.3, -0.25) is 4.79 Å². The zero-order valence-electron chi connectivity index (χ0n) is 26.4. The first-order valence-electron chi connectivity index (χ1n) is 15.0. The summed E-state index contributed by atoms with van der Waals surface area (Å²) in [4.78, 5) is 17.5. The Labute approximate surface area is 292 Å². The van der Waals surface area contributed by atoms with E-state index in [1.54, 1.807) is 74.5 Å². The minimum atomic E-state index is -4.43. The molecule has 2 heterocycles. The molecule has 5 aromatic rings. The van der Waals surface area contributed by atoms with Gasteiger partial charge < -0.3 is 4.57 Å². The lowest BCUT2D eigenvalue weighted by Gasteiger charge is -2.28. The van der Waals surface area contributed by atoms with E-state index in [9.17, 15) is 26.4 Å². The van der Waals surface area contributed by atoms with Crippen LogP contribution in [0.3, 0.4) is 0 Å². The maximum absolute atomic E-state index is 13.2.